The van der Waals surface area contributed by atoms with Crippen LogP contribution in [0.2, 0.25) is 0 Å². The smallest absolute Gasteiger partial charge is 0.329 e. The highest BCUT2D eigenvalue weighted by molar-refractivity contribution is 9.12. The second-order valence-corrected chi connectivity index (χ2v) is 10.2. The fraction of sp³-hybridized carbons (Fsp3) is 0.524. The third kappa shape index (κ3) is 3.67. The Labute approximate surface area is 196 Å². The molecule has 0 spiro atoms. The van der Waals surface area contributed by atoms with Crippen molar-refractivity contribution in [1.82, 2.24) is 4.90 Å². The van der Waals surface area contributed by atoms with Gasteiger partial charge in [0.15, 0.2) is 6.61 Å². The highest BCUT2D eigenvalue weighted by atomic mass is 79.9. The van der Waals surface area contributed by atoms with Crippen molar-refractivity contribution < 1.29 is 28.7 Å². The first-order valence-corrected chi connectivity index (χ1v) is 11.8. The number of rotatable bonds is 6. The molecule has 8 nitrogen and oxygen atoms in total. The summed E-state index contributed by atoms with van der Waals surface area (Å²) < 4.78 is 10.3. The van der Waals surface area contributed by atoms with Gasteiger partial charge in [-0.1, -0.05) is 44.0 Å². The summed E-state index contributed by atoms with van der Waals surface area (Å²) in [6, 6.07) is 5.75. The molecule has 31 heavy (non-hydrogen) atoms. The number of alkyl halides is 2. The second kappa shape index (κ2) is 8.54. The summed E-state index contributed by atoms with van der Waals surface area (Å²) >= 11 is 7.27. The van der Waals surface area contributed by atoms with Crippen molar-refractivity contribution >= 4 is 61.2 Å². The number of esters is 1. The van der Waals surface area contributed by atoms with E-state index < -0.39 is 36.4 Å². The van der Waals surface area contributed by atoms with Crippen molar-refractivity contribution in [3.8, 4) is 5.75 Å². The Morgan fingerprint density at radius 2 is 1.71 bits per heavy atom. The van der Waals surface area contributed by atoms with Gasteiger partial charge in [0, 0.05) is 9.65 Å². The van der Waals surface area contributed by atoms with Crippen molar-refractivity contribution in [2.24, 2.45) is 23.7 Å². The minimum Gasteiger partial charge on any atom is -0.495 e. The molecular formula is C21H22Br2N2O6. The number of methoxy groups -OCH3 is 1. The molecule has 3 fully saturated rings. The monoisotopic (exact) mass is 556 g/mol. The van der Waals surface area contributed by atoms with Crippen LogP contribution in [0.3, 0.4) is 0 Å². The summed E-state index contributed by atoms with van der Waals surface area (Å²) in [7, 11) is 1.48. The zero-order valence-corrected chi connectivity index (χ0v) is 20.1. The highest BCUT2D eigenvalue weighted by Gasteiger charge is 2.67. The number of ether oxygens (including phenoxy) is 2. The molecule has 1 aliphatic heterocycles. The summed E-state index contributed by atoms with van der Waals surface area (Å²) in [6.45, 7) is 0.916. The number of carbonyl (C=O) groups excluding carboxylic acids is 4. The molecule has 10 heteroatoms. The van der Waals surface area contributed by atoms with E-state index in [1.807, 2.05) is 0 Å². The fourth-order valence-electron chi connectivity index (χ4n) is 5.05. The molecule has 7 atom stereocenters. The van der Waals surface area contributed by atoms with Crippen LogP contribution in [0.4, 0.5) is 5.69 Å². The van der Waals surface area contributed by atoms with Crippen LogP contribution in [0, 0.1) is 23.7 Å². The number of hydrogen-bond donors (Lipinski definition) is 1. The van der Waals surface area contributed by atoms with Crippen molar-refractivity contribution in [3.63, 3.8) is 0 Å². The van der Waals surface area contributed by atoms with Crippen LogP contribution in [-0.2, 0) is 23.9 Å². The lowest BCUT2D eigenvalue weighted by atomic mass is 9.81. The molecule has 0 radical (unpaired) electrons. The Balaban J connectivity index is 1.37. The van der Waals surface area contributed by atoms with Crippen molar-refractivity contribution in [2.45, 2.75) is 29.0 Å². The van der Waals surface area contributed by atoms with E-state index in [4.69, 9.17) is 9.47 Å². The molecule has 3 amide bonds. The van der Waals surface area contributed by atoms with Crippen molar-refractivity contribution in [1.29, 1.82) is 0 Å². The molecule has 1 aromatic rings. The zero-order chi connectivity index (χ0) is 22.4. The fourth-order valence-corrected chi connectivity index (χ4v) is 6.92. The third-order valence-electron chi connectivity index (χ3n) is 6.48. The minimum absolute atomic E-state index is 0.0654. The molecule has 1 saturated heterocycles. The van der Waals surface area contributed by atoms with Crippen molar-refractivity contribution in [3.05, 3.63) is 24.3 Å². The number of nitrogens with one attached hydrogen (secondary N) is 1. The summed E-state index contributed by atoms with van der Waals surface area (Å²) in [5, 5.41) is 2.61. The summed E-state index contributed by atoms with van der Waals surface area (Å²) in [5.74, 6) is -2.20. The number of hydrogen-bond acceptors (Lipinski definition) is 6. The zero-order valence-electron chi connectivity index (χ0n) is 16.9. The van der Waals surface area contributed by atoms with E-state index in [2.05, 4.69) is 37.2 Å². The Hall–Kier alpha value is -1.94. The number of carbonyl (C=O) groups is 4. The van der Waals surface area contributed by atoms with Gasteiger partial charge in [-0.3, -0.25) is 19.3 Å². The summed E-state index contributed by atoms with van der Waals surface area (Å²) in [5.41, 5.74) is 0.445. The number of para-hydroxylation sites is 2. The Kier molecular flexibility index (Phi) is 6.13. The summed E-state index contributed by atoms with van der Waals surface area (Å²) in [4.78, 5) is 52.0. The maximum absolute atomic E-state index is 13.0. The number of nitrogens with zero attached hydrogens (tertiary/aromatic N) is 1. The van der Waals surface area contributed by atoms with E-state index in [0.29, 0.717) is 11.4 Å². The molecule has 2 aliphatic carbocycles. The normalized spacial score (nSPS) is 32.1. The van der Waals surface area contributed by atoms with Crippen LogP contribution in [0.1, 0.15) is 13.3 Å². The van der Waals surface area contributed by atoms with Crippen LogP contribution in [0.5, 0.6) is 5.75 Å². The van der Waals surface area contributed by atoms with Crippen molar-refractivity contribution in [2.75, 3.05) is 19.0 Å². The van der Waals surface area contributed by atoms with Gasteiger partial charge in [-0.25, -0.2) is 4.79 Å². The van der Waals surface area contributed by atoms with Gasteiger partial charge < -0.3 is 14.8 Å². The van der Waals surface area contributed by atoms with Crippen LogP contribution in [0.25, 0.3) is 0 Å². The highest BCUT2D eigenvalue weighted by Crippen LogP contribution is 2.60. The largest absolute Gasteiger partial charge is 0.495 e. The maximum Gasteiger partial charge on any atom is 0.329 e. The van der Waals surface area contributed by atoms with E-state index in [1.165, 1.54) is 14.0 Å². The molecule has 0 unspecified atom stereocenters. The average Bonchev–Trinajstić information content (AvgIpc) is 3.36. The van der Waals surface area contributed by atoms with E-state index in [-0.39, 0.29) is 33.3 Å². The lowest BCUT2D eigenvalue weighted by molar-refractivity contribution is -0.159. The minimum atomic E-state index is -1.09. The molecule has 4 rings (SSSR count). The van der Waals surface area contributed by atoms with Crippen LogP contribution in [-0.4, -0.2) is 58.0 Å². The number of likely N-dealkylation sites (tertiary alicyclic amines) is 1. The number of amides is 3. The van der Waals surface area contributed by atoms with E-state index in [1.54, 1.807) is 24.3 Å². The van der Waals surface area contributed by atoms with Gasteiger partial charge in [0.05, 0.1) is 24.6 Å². The molecule has 1 heterocycles. The molecule has 2 bridgehead atoms. The van der Waals surface area contributed by atoms with Gasteiger partial charge in [0.25, 0.3) is 5.91 Å². The molecule has 0 aromatic heterocycles. The second-order valence-electron chi connectivity index (χ2n) is 8.08. The van der Waals surface area contributed by atoms with E-state index in [9.17, 15) is 19.2 Å². The van der Waals surface area contributed by atoms with Gasteiger partial charge in [-0.15, -0.1) is 0 Å². The van der Waals surface area contributed by atoms with Crippen LogP contribution < -0.4 is 10.1 Å². The summed E-state index contributed by atoms with van der Waals surface area (Å²) in [6.07, 6.45) is 0.814. The molecule has 3 aliphatic rings. The molecular weight excluding hydrogens is 536 g/mol. The number of benzene rings is 1. The van der Waals surface area contributed by atoms with Gasteiger partial charge >= 0.3 is 5.97 Å². The van der Waals surface area contributed by atoms with Gasteiger partial charge in [0.2, 0.25) is 11.8 Å². The first kappa shape index (κ1) is 22.3. The first-order valence-electron chi connectivity index (χ1n) is 10.0. The first-order chi connectivity index (χ1) is 14.8. The quantitative estimate of drug-likeness (QED) is 0.327. The average molecular weight is 558 g/mol. The number of anilines is 1. The number of imide groups is 1. The maximum atomic E-state index is 13.0. The number of halogens is 2. The predicted molar refractivity (Wildman–Crippen MR) is 118 cm³/mol. The van der Waals surface area contributed by atoms with E-state index >= 15 is 0 Å². The lowest BCUT2D eigenvalue weighted by Gasteiger charge is -2.28. The Morgan fingerprint density at radius 3 is 2.29 bits per heavy atom. The standard InChI is InChI=1S/C21H22Br2N2O6/c1-9(21(29)31-8-14(26)24-12-5-3-4-6-13(12)30-2)25-19(27)15-10-7-11(16(15)20(25)28)18(23)17(10)22/h3-6,9-11,15-18H,7-8H2,1-2H3,(H,24,26)/t9-,10+,11+,15+,16+,17-,18+/m0/s1. The van der Waals surface area contributed by atoms with Crippen LogP contribution >= 0.6 is 31.9 Å². The van der Waals surface area contributed by atoms with Gasteiger partial charge in [0.1, 0.15) is 11.8 Å². The van der Waals surface area contributed by atoms with Gasteiger partial charge in [-0.2, -0.15) is 0 Å². The Morgan fingerprint density at radius 1 is 1.13 bits per heavy atom. The lowest BCUT2D eigenvalue weighted by Crippen LogP contribution is -2.45. The number of fused-ring (bicyclic) bond motifs is 5. The molecule has 2 saturated carbocycles. The molecule has 1 aromatic carbocycles. The SMILES string of the molecule is COc1ccccc1NC(=O)COC(=O)[C@H](C)N1C(=O)[C@@H]2[C@H]3C[C@@H]([C@@H](Br)[C@H]3Br)[C@H]2C1=O. The topological polar surface area (TPSA) is 102 Å². The molecule has 166 valence electrons. The molecule has 1 N–H and O–H groups in total. The predicted octanol–water partition coefficient (Wildman–Crippen LogP) is 2.34. The van der Waals surface area contributed by atoms with Crippen LogP contribution in [0.15, 0.2) is 24.3 Å². The Bertz CT molecular complexity index is 908. The van der Waals surface area contributed by atoms with E-state index in [0.717, 1.165) is 11.3 Å². The van der Waals surface area contributed by atoms with Gasteiger partial charge in [-0.05, 0) is 37.3 Å². The third-order valence-corrected chi connectivity index (χ3v) is 9.68.